The Morgan fingerprint density at radius 3 is 1.88 bits per heavy atom. The van der Waals surface area contributed by atoms with E-state index in [2.05, 4.69) is 0 Å². The second-order valence-electron chi connectivity index (χ2n) is 3.52. The fourth-order valence-electron chi connectivity index (χ4n) is 1.64. The molecule has 0 heterocycles. The van der Waals surface area contributed by atoms with Crippen molar-refractivity contribution in [1.82, 2.24) is 0 Å². The molecular formula is C13H8ClF3. The van der Waals surface area contributed by atoms with E-state index in [-0.39, 0.29) is 5.56 Å². The van der Waals surface area contributed by atoms with Gasteiger partial charge in [0.05, 0.1) is 5.56 Å². The van der Waals surface area contributed by atoms with Crippen molar-refractivity contribution in [1.29, 1.82) is 0 Å². The minimum atomic E-state index is -4.38. The molecule has 0 amide bonds. The van der Waals surface area contributed by atoms with Crippen molar-refractivity contribution in [3.05, 3.63) is 59.1 Å². The molecule has 2 aromatic rings. The first-order valence-electron chi connectivity index (χ1n) is 4.91. The second kappa shape index (κ2) is 4.41. The quantitative estimate of drug-likeness (QED) is 0.672. The van der Waals surface area contributed by atoms with E-state index in [4.69, 9.17) is 11.6 Å². The molecule has 0 aliphatic rings. The number of hydrogen-bond donors (Lipinski definition) is 0. The van der Waals surface area contributed by atoms with Crippen LogP contribution < -0.4 is 0 Å². The summed E-state index contributed by atoms with van der Waals surface area (Å²) in [5.41, 5.74) is -0.180. The highest BCUT2D eigenvalue weighted by Crippen LogP contribution is 2.38. The monoisotopic (exact) mass is 256 g/mol. The lowest BCUT2D eigenvalue weighted by Crippen LogP contribution is -2.06. The van der Waals surface area contributed by atoms with Crippen molar-refractivity contribution < 1.29 is 13.2 Å². The highest BCUT2D eigenvalue weighted by atomic mass is 35.5. The minimum Gasteiger partial charge on any atom is -0.166 e. The Labute approximate surface area is 102 Å². The van der Waals surface area contributed by atoms with E-state index in [1.54, 1.807) is 30.3 Å². The lowest BCUT2D eigenvalue weighted by molar-refractivity contribution is -0.137. The Balaban J connectivity index is 2.65. The van der Waals surface area contributed by atoms with Crippen LogP contribution in [-0.2, 0) is 6.18 Å². The first-order chi connectivity index (χ1) is 8.00. The molecule has 2 aromatic carbocycles. The Bertz CT molecular complexity index is 532. The van der Waals surface area contributed by atoms with Gasteiger partial charge in [0.15, 0.2) is 0 Å². The second-order valence-corrected chi connectivity index (χ2v) is 3.93. The molecule has 0 aromatic heterocycles. The molecule has 0 saturated carbocycles. The molecular weight excluding hydrogens is 249 g/mol. The van der Waals surface area contributed by atoms with E-state index in [9.17, 15) is 13.2 Å². The molecule has 0 saturated heterocycles. The maximum Gasteiger partial charge on any atom is 0.417 e. The first kappa shape index (κ1) is 12.0. The summed E-state index contributed by atoms with van der Waals surface area (Å²) in [6, 6.07) is 11.9. The third-order valence-corrected chi connectivity index (χ3v) is 2.73. The van der Waals surface area contributed by atoms with Crippen molar-refractivity contribution >= 4 is 11.6 Å². The molecule has 88 valence electrons. The van der Waals surface area contributed by atoms with Gasteiger partial charge < -0.3 is 0 Å². The molecule has 17 heavy (non-hydrogen) atoms. The van der Waals surface area contributed by atoms with Crippen LogP contribution in [0.15, 0.2) is 48.5 Å². The third-order valence-electron chi connectivity index (χ3n) is 2.40. The van der Waals surface area contributed by atoms with Gasteiger partial charge in [-0.15, -0.1) is 0 Å². The van der Waals surface area contributed by atoms with Crippen LogP contribution in [0.5, 0.6) is 0 Å². The molecule has 0 bridgehead atoms. The van der Waals surface area contributed by atoms with E-state index < -0.39 is 11.7 Å². The predicted octanol–water partition coefficient (Wildman–Crippen LogP) is 5.03. The molecule has 0 spiro atoms. The summed E-state index contributed by atoms with van der Waals surface area (Å²) in [4.78, 5) is 0. The third kappa shape index (κ3) is 2.44. The largest absolute Gasteiger partial charge is 0.417 e. The van der Waals surface area contributed by atoms with Gasteiger partial charge in [-0.2, -0.15) is 13.2 Å². The number of hydrogen-bond acceptors (Lipinski definition) is 0. The maximum atomic E-state index is 12.8. The Hall–Kier alpha value is -1.48. The van der Waals surface area contributed by atoms with Crippen LogP contribution in [-0.4, -0.2) is 0 Å². The molecule has 0 fully saturated rings. The summed E-state index contributed by atoms with van der Waals surface area (Å²) in [5, 5.41) is 0.309. The van der Waals surface area contributed by atoms with E-state index in [0.29, 0.717) is 10.6 Å². The Morgan fingerprint density at radius 2 is 1.29 bits per heavy atom. The minimum absolute atomic E-state index is 0.102. The van der Waals surface area contributed by atoms with Gasteiger partial charge in [-0.3, -0.25) is 0 Å². The number of rotatable bonds is 1. The topological polar surface area (TPSA) is 0 Å². The molecule has 0 nitrogen and oxygen atoms in total. The number of benzene rings is 2. The van der Waals surface area contributed by atoms with Gasteiger partial charge in [-0.25, -0.2) is 0 Å². The fourth-order valence-corrected chi connectivity index (χ4v) is 1.88. The lowest BCUT2D eigenvalue weighted by atomic mass is 9.99. The molecule has 2 rings (SSSR count). The predicted molar refractivity (Wildman–Crippen MR) is 61.9 cm³/mol. The summed E-state index contributed by atoms with van der Waals surface area (Å²) in [6.45, 7) is 0. The van der Waals surface area contributed by atoms with Gasteiger partial charge in [0, 0.05) is 10.6 Å². The SMILES string of the molecule is FC(F)(F)c1ccccc1-c1ccccc1Cl. The Morgan fingerprint density at radius 1 is 0.765 bits per heavy atom. The van der Waals surface area contributed by atoms with Gasteiger partial charge in [-0.1, -0.05) is 48.0 Å². The van der Waals surface area contributed by atoms with Crippen LogP contribution in [0.2, 0.25) is 5.02 Å². The molecule has 0 radical (unpaired) electrons. The van der Waals surface area contributed by atoms with E-state index in [1.165, 1.54) is 12.1 Å². The summed E-state index contributed by atoms with van der Waals surface area (Å²) >= 11 is 5.91. The number of halogens is 4. The van der Waals surface area contributed by atoms with Crippen LogP contribution in [0.1, 0.15) is 5.56 Å². The van der Waals surface area contributed by atoms with Gasteiger partial charge in [-0.05, 0) is 17.7 Å². The van der Waals surface area contributed by atoms with E-state index >= 15 is 0 Å². The van der Waals surface area contributed by atoms with Crippen molar-refractivity contribution in [2.75, 3.05) is 0 Å². The molecule has 0 N–H and O–H groups in total. The highest BCUT2D eigenvalue weighted by Gasteiger charge is 2.33. The first-order valence-corrected chi connectivity index (χ1v) is 5.29. The Kier molecular flexibility index (Phi) is 3.11. The van der Waals surface area contributed by atoms with E-state index in [0.717, 1.165) is 6.07 Å². The van der Waals surface area contributed by atoms with Gasteiger partial charge in [0.25, 0.3) is 0 Å². The molecule has 0 atom stereocenters. The number of alkyl halides is 3. The van der Waals surface area contributed by atoms with Gasteiger partial charge >= 0.3 is 6.18 Å². The molecule has 0 unspecified atom stereocenters. The van der Waals surface area contributed by atoms with Crippen LogP contribution in [0.25, 0.3) is 11.1 Å². The summed E-state index contributed by atoms with van der Waals surface area (Å²) in [7, 11) is 0. The van der Waals surface area contributed by atoms with Gasteiger partial charge in [0.1, 0.15) is 0 Å². The van der Waals surface area contributed by atoms with Crippen LogP contribution in [0, 0.1) is 0 Å². The summed E-state index contributed by atoms with van der Waals surface area (Å²) < 4.78 is 38.5. The standard InChI is InChI=1S/C13H8ClF3/c14-12-8-4-2-6-10(12)9-5-1-3-7-11(9)13(15,16)17/h1-8H. The fraction of sp³-hybridized carbons (Fsp3) is 0.0769. The van der Waals surface area contributed by atoms with E-state index in [1.807, 2.05) is 0 Å². The molecule has 4 heteroatoms. The average molecular weight is 257 g/mol. The normalized spacial score (nSPS) is 11.5. The maximum absolute atomic E-state index is 12.8. The summed E-state index contributed by atoms with van der Waals surface area (Å²) in [5.74, 6) is 0. The zero-order valence-electron chi connectivity index (χ0n) is 8.63. The van der Waals surface area contributed by atoms with Crippen molar-refractivity contribution in [2.24, 2.45) is 0 Å². The molecule has 0 aliphatic heterocycles. The highest BCUT2D eigenvalue weighted by molar-refractivity contribution is 6.33. The smallest absolute Gasteiger partial charge is 0.166 e. The van der Waals surface area contributed by atoms with Crippen LogP contribution in [0.3, 0.4) is 0 Å². The summed E-state index contributed by atoms with van der Waals surface area (Å²) in [6.07, 6.45) is -4.38. The van der Waals surface area contributed by atoms with Crippen molar-refractivity contribution in [2.45, 2.75) is 6.18 Å². The van der Waals surface area contributed by atoms with Gasteiger partial charge in [0.2, 0.25) is 0 Å². The molecule has 0 aliphatic carbocycles. The average Bonchev–Trinajstić information content (AvgIpc) is 2.28. The van der Waals surface area contributed by atoms with Crippen LogP contribution >= 0.6 is 11.6 Å². The zero-order chi connectivity index (χ0) is 12.5. The van der Waals surface area contributed by atoms with Crippen molar-refractivity contribution in [3.63, 3.8) is 0 Å². The van der Waals surface area contributed by atoms with Crippen molar-refractivity contribution in [3.8, 4) is 11.1 Å². The van der Waals surface area contributed by atoms with Crippen LogP contribution in [0.4, 0.5) is 13.2 Å². The lowest BCUT2D eigenvalue weighted by Gasteiger charge is -2.13. The zero-order valence-corrected chi connectivity index (χ0v) is 9.39.